The number of benzene rings is 2. The highest BCUT2D eigenvalue weighted by Gasteiger charge is 2.10. The number of hydrogen-bond acceptors (Lipinski definition) is 4. The SMILES string of the molecule is CCc1ccc2nc(SCC(=O)NNC(=O)c3cccc(C)c3)c(C)cc2c1. The molecule has 0 radical (unpaired) electrons. The van der Waals surface area contributed by atoms with Crippen LogP contribution in [0.1, 0.15) is 34.0 Å². The van der Waals surface area contributed by atoms with Crippen molar-refractivity contribution in [1.82, 2.24) is 15.8 Å². The first-order valence-corrected chi connectivity index (χ1v) is 10.1. The predicted octanol–water partition coefficient (Wildman–Crippen LogP) is 3.97. The molecule has 0 aliphatic rings. The number of aryl methyl sites for hydroxylation is 3. The number of aromatic nitrogens is 1. The van der Waals surface area contributed by atoms with Gasteiger partial charge >= 0.3 is 0 Å². The van der Waals surface area contributed by atoms with Gasteiger partial charge in [0.2, 0.25) is 5.91 Å². The van der Waals surface area contributed by atoms with Crippen molar-refractivity contribution in [3.05, 3.63) is 70.8 Å². The van der Waals surface area contributed by atoms with E-state index < -0.39 is 0 Å². The summed E-state index contributed by atoms with van der Waals surface area (Å²) < 4.78 is 0. The van der Waals surface area contributed by atoms with Gasteiger partial charge in [0.05, 0.1) is 11.3 Å². The second kappa shape index (κ2) is 8.89. The van der Waals surface area contributed by atoms with Crippen molar-refractivity contribution in [2.75, 3.05) is 5.75 Å². The zero-order valence-electron chi connectivity index (χ0n) is 16.2. The third-order valence-corrected chi connectivity index (χ3v) is 5.46. The summed E-state index contributed by atoms with van der Waals surface area (Å²) in [6.45, 7) is 6.03. The summed E-state index contributed by atoms with van der Waals surface area (Å²) in [5, 5.41) is 1.92. The van der Waals surface area contributed by atoms with E-state index in [1.54, 1.807) is 18.2 Å². The van der Waals surface area contributed by atoms with Gasteiger partial charge in [0.25, 0.3) is 5.91 Å². The largest absolute Gasteiger partial charge is 0.272 e. The summed E-state index contributed by atoms with van der Waals surface area (Å²) in [7, 11) is 0. The van der Waals surface area contributed by atoms with Gasteiger partial charge < -0.3 is 0 Å². The minimum Gasteiger partial charge on any atom is -0.272 e. The minimum atomic E-state index is -0.339. The summed E-state index contributed by atoms with van der Waals surface area (Å²) >= 11 is 1.36. The Hall–Kier alpha value is -2.86. The molecule has 0 saturated heterocycles. The summed E-state index contributed by atoms with van der Waals surface area (Å²) in [5.41, 5.74) is 9.61. The number of pyridine rings is 1. The zero-order chi connectivity index (χ0) is 20.1. The number of carbonyl (C=O) groups excluding carboxylic acids is 2. The number of rotatable bonds is 5. The molecule has 3 aromatic rings. The van der Waals surface area contributed by atoms with Gasteiger partial charge in [0, 0.05) is 10.9 Å². The molecule has 2 aromatic carbocycles. The first kappa shape index (κ1) is 19.9. The maximum atomic E-state index is 12.1. The lowest BCUT2D eigenvalue weighted by Crippen LogP contribution is -2.42. The molecule has 2 N–H and O–H groups in total. The Morgan fingerprint density at radius 1 is 1.04 bits per heavy atom. The lowest BCUT2D eigenvalue weighted by atomic mass is 10.1. The maximum Gasteiger partial charge on any atom is 0.269 e. The molecule has 0 aliphatic carbocycles. The van der Waals surface area contributed by atoms with Crippen molar-refractivity contribution in [2.24, 2.45) is 0 Å². The van der Waals surface area contributed by atoms with Gasteiger partial charge in [-0.15, -0.1) is 0 Å². The number of carbonyl (C=O) groups is 2. The molecule has 1 heterocycles. The van der Waals surface area contributed by atoms with Crippen molar-refractivity contribution in [2.45, 2.75) is 32.2 Å². The van der Waals surface area contributed by atoms with Gasteiger partial charge in [-0.3, -0.25) is 20.4 Å². The molecule has 6 heteroatoms. The molecule has 0 spiro atoms. The number of nitrogens with one attached hydrogen (secondary N) is 2. The first-order valence-electron chi connectivity index (χ1n) is 9.15. The maximum absolute atomic E-state index is 12.1. The Kier molecular flexibility index (Phi) is 6.31. The lowest BCUT2D eigenvalue weighted by molar-refractivity contribution is -0.119. The van der Waals surface area contributed by atoms with Crippen LogP contribution in [-0.4, -0.2) is 22.6 Å². The van der Waals surface area contributed by atoms with E-state index in [1.165, 1.54) is 17.3 Å². The van der Waals surface area contributed by atoms with Crippen LogP contribution in [0.2, 0.25) is 0 Å². The summed E-state index contributed by atoms with van der Waals surface area (Å²) in [6, 6.07) is 15.5. The number of hydrogen-bond donors (Lipinski definition) is 2. The van der Waals surface area contributed by atoms with Gasteiger partial charge in [0.1, 0.15) is 5.03 Å². The quantitative estimate of drug-likeness (QED) is 0.508. The van der Waals surface area contributed by atoms with Crippen molar-refractivity contribution in [3.63, 3.8) is 0 Å². The molecule has 0 atom stereocenters. The number of nitrogens with zero attached hydrogens (tertiary/aromatic N) is 1. The summed E-state index contributed by atoms with van der Waals surface area (Å²) in [6.07, 6.45) is 0.986. The monoisotopic (exact) mass is 393 g/mol. The fourth-order valence-corrected chi connectivity index (χ4v) is 3.62. The third-order valence-electron chi connectivity index (χ3n) is 4.37. The Balaban J connectivity index is 1.58. The van der Waals surface area contributed by atoms with E-state index in [0.717, 1.165) is 33.5 Å². The molecule has 2 amide bonds. The number of hydrazine groups is 1. The second-order valence-electron chi connectivity index (χ2n) is 6.65. The topological polar surface area (TPSA) is 71.1 Å². The van der Waals surface area contributed by atoms with Gasteiger partial charge in [-0.05, 0) is 61.7 Å². The number of thioether (sulfide) groups is 1. The molecule has 0 fully saturated rings. The van der Waals surface area contributed by atoms with Crippen molar-refractivity contribution >= 4 is 34.5 Å². The molecule has 0 saturated carbocycles. The normalized spacial score (nSPS) is 10.7. The van der Waals surface area contributed by atoms with Crippen LogP contribution in [-0.2, 0) is 11.2 Å². The molecule has 144 valence electrons. The molecule has 28 heavy (non-hydrogen) atoms. The second-order valence-corrected chi connectivity index (χ2v) is 7.62. The van der Waals surface area contributed by atoms with E-state index in [9.17, 15) is 9.59 Å². The van der Waals surface area contributed by atoms with E-state index in [4.69, 9.17) is 0 Å². The Bertz CT molecular complexity index is 1030. The number of fused-ring (bicyclic) bond motifs is 1. The van der Waals surface area contributed by atoms with E-state index in [2.05, 4.69) is 41.0 Å². The van der Waals surface area contributed by atoms with Crippen LogP contribution in [0, 0.1) is 13.8 Å². The highest BCUT2D eigenvalue weighted by Crippen LogP contribution is 2.25. The van der Waals surface area contributed by atoms with Gasteiger partial charge in [0.15, 0.2) is 0 Å². The van der Waals surface area contributed by atoms with Crippen molar-refractivity contribution in [1.29, 1.82) is 0 Å². The molecule has 1 aromatic heterocycles. The van der Waals surface area contributed by atoms with Gasteiger partial charge in [-0.1, -0.05) is 42.4 Å². The highest BCUT2D eigenvalue weighted by atomic mass is 32.2. The molecule has 0 bridgehead atoms. The molecule has 0 aliphatic heterocycles. The van der Waals surface area contributed by atoms with Crippen LogP contribution >= 0.6 is 11.8 Å². The highest BCUT2D eigenvalue weighted by molar-refractivity contribution is 7.99. The van der Waals surface area contributed by atoms with Crippen LogP contribution in [0.25, 0.3) is 10.9 Å². The van der Waals surface area contributed by atoms with Crippen LogP contribution in [0.5, 0.6) is 0 Å². The van der Waals surface area contributed by atoms with Crippen molar-refractivity contribution in [3.8, 4) is 0 Å². The van der Waals surface area contributed by atoms with Crippen molar-refractivity contribution < 1.29 is 9.59 Å². The van der Waals surface area contributed by atoms with E-state index in [0.29, 0.717) is 5.56 Å². The third kappa shape index (κ3) is 4.89. The summed E-state index contributed by atoms with van der Waals surface area (Å²) in [4.78, 5) is 28.9. The van der Waals surface area contributed by atoms with E-state index >= 15 is 0 Å². The Morgan fingerprint density at radius 3 is 2.61 bits per heavy atom. The van der Waals surface area contributed by atoms with Gasteiger partial charge in [-0.25, -0.2) is 4.98 Å². The van der Waals surface area contributed by atoms with Crippen LogP contribution in [0.3, 0.4) is 0 Å². The molecule has 0 unspecified atom stereocenters. The number of amides is 2. The summed E-state index contributed by atoms with van der Waals surface area (Å²) in [5.74, 6) is -0.456. The fourth-order valence-electron chi connectivity index (χ4n) is 2.83. The van der Waals surface area contributed by atoms with E-state index in [1.807, 2.05) is 26.0 Å². The standard InChI is InChI=1S/C22H23N3O2S/c1-4-16-8-9-19-18(12-16)11-15(3)22(23-19)28-13-20(26)24-25-21(27)17-7-5-6-14(2)10-17/h5-12H,4,13H2,1-3H3,(H,24,26)(H,25,27). The molecule has 3 rings (SSSR count). The zero-order valence-corrected chi connectivity index (χ0v) is 17.0. The fraction of sp³-hybridized carbons (Fsp3) is 0.227. The Morgan fingerprint density at radius 2 is 1.86 bits per heavy atom. The van der Waals surface area contributed by atoms with E-state index in [-0.39, 0.29) is 17.6 Å². The van der Waals surface area contributed by atoms with Crippen LogP contribution in [0.15, 0.2) is 53.6 Å². The molecule has 5 nitrogen and oxygen atoms in total. The first-order chi connectivity index (χ1) is 13.5. The van der Waals surface area contributed by atoms with Crippen LogP contribution in [0.4, 0.5) is 0 Å². The predicted molar refractivity (Wildman–Crippen MR) is 113 cm³/mol. The van der Waals surface area contributed by atoms with Crippen LogP contribution < -0.4 is 10.9 Å². The molecular formula is C22H23N3O2S. The average molecular weight is 394 g/mol. The smallest absolute Gasteiger partial charge is 0.269 e. The average Bonchev–Trinajstić information content (AvgIpc) is 2.69. The molecular weight excluding hydrogens is 370 g/mol. The minimum absolute atomic E-state index is 0.167. The Labute approximate surface area is 168 Å². The lowest BCUT2D eigenvalue weighted by Gasteiger charge is -2.10. The van der Waals surface area contributed by atoms with Gasteiger partial charge in [-0.2, -0.15) is 0 Å².